The zero-order chi connectivity index (χ0) is 15.4. The Labute approximate surface area is 132 Å². The van der Waals surface area contributed by atoms with E-state index in [2.05, 4.69) is 15.5 Å². The van der Waals surface area contributed by atoms with Gasteiger partial charge in [0.05, 0.1) is 0 Å². The highest BCUT2D eigenvalue weighted by Crippen LogP contribution is 2.29. The molecule has 0 atom stereocenters. The van der Waals surface area contributed by atoms with Crippen molar-refractivity contribution in [1.82, 2.24) is 20.4 Å². The first-order chi connectivity index (χ1) is 10.7. The summed E-state index contributed by atoms with van der Waals surface area (Å²) in [6.45, 7) is 4.39. The first kappa shape index (κ1) is 15.6. The molecule has 2 aliphatic heterocycles. The van der Waals surface area contributed by atoms with Gasteiger partial charge < -0.3 is 20.4 Å². The maximum atomic E-state index is 11.9. The lowest BCUT2D eigenvalue weighted by atomic mass is 10.1. The SMILES string of the molecule is O=C(NCCC(=O)N1CCCC1)NC1CCN(C2CC2)CC1. The minimum atomic E-state index is -0.126. The van der Waals surface area contributed by atoms with Crippen LogP contribution in [0.25, 0.3) is 0 Å². The fourth-order valence-electron chi connectivity index (χ4n) is 3.49. The number of nitrogens with zero attached hydrogens (tertiary/aromatic N) is 2. The van der Waals surface area contributed by atoms with E-state index in [0.717, 1.165) is 57.9 Å². The minimum Gasteiger partial charge on any atom is -0.343 e. The van der Waals surface area contributed by atoms with Gasteiger partial charge in [0.15, 0.2) is 0 Å². The van der Waals surface area contributed by atoms with Gasteiger partial charge in [0.25, 0.3) is 0 Å². The molecule has 0 radical (unpaired) electrons. The van der Waals surface area contributed by atoms with Gasteiger partial charge in [0.2, 0.25) is 5.91 Å². The molecule has 3 amide bonds. The predicted octanol–water partition coefficient (Wildman–Crippen LogP) is 0.925. The Balaban J connectivity index is 1.27. The Morgan fingerprint density at radius 2 is 1.64 bits per heavy atom. The summed E-state index contributed by atoms with van der Waals surface area (Å²) in [6, 6.07) is 0.981. The summed E-state index contributed by atoms with van der Waals surface area (Å²) in [5.41, 5.74) is 0. The van der Waals surface area contributed by atoms with Crippen molar-refractivity contribution in [3.8, 4) is 0 Å². The van der Waals surface area contributed by atoms with E-state index in [1.165, 1.54) is 12.8 Å². The van der Waals surface area contributed by atoms with Crippen LogP contribution in [0.5, 0.6) is 0 Å². The molecule has 1 aliphatic carbocycles. The summed E-state index contributed by atoms with van der Waals surface area (Å²) in [6.07, 6.45) is 7.41. The van der Waals surface area contributed by atoms with Crippen molar-refractivity contribution in [2.45, 2.75) is 57.0 Å². The third-order valence-corrected chi connectivity index (χ3v) is 5.01. The summed E-state index contributed by atoms with van der Waals surface area (Å²) < 4.78 is 0. The molecule has 6 heteroatoms. The van der Waals surface area contributed by atoms with E-state index in [9.17, 15) is 9.59 Å². The van der Waals surface area contributed by atoms with Crippen molar-refractivity contribution in [1.29, 1.82) is 0 Å². The summed E-state index contributed by atoms with van der Waals surface area (Å²) in [4.78, 5) is 28.2. The highest BCUT2D eigenvalue weighted by atomic mass is 16.2. The lowest BCUT2D eigenvalue weighted by Gasteiger charge is -2.32. The van der Waals surface area contributed by atoms with Gasteiger partial charge in [-0.05, 0) is 38.5 Å². The molecule has 2 N–H and O–H groups in total. The van der Waals surface area contributed by atoms with Crippen molar-refractivity contribution in [3.63, 3.8) is 0 Å². The summed E-state index contributed by atoms with van der Waals surface area (Å²) >= 11 is 0. The lowest BCUT2D eigenvalue weighted by molar-refractivity contribution is -0.129. The second kappa shape index (κ2) is 7.31. The Bertz CT molecular complexity index is 397. The zero-order valence-electron chi connectivity index (χ0n) is 13.4. The van der Waals surface area contributed by atoms with Gasteiger partial charge in [-0.25, -0.2) is 4.79 Å². The quantitative estimate of drug-likeness (QED) is 0.794. The van der Waals surface area contributed by atoms with E-state index in [-0.39, 0.29) is 18.0 Å². The fourth-order valence-corrected chi connectivity index (χ4v) is 3.49. The van der Waals surface area contributed by atoms with Crippen LogP contribution in [-0.2, 0) is 4.79 Å². The number of rotatable bonds is 5. The molecule has 0 bridgehead atoms. The Hall–Kier alpha value is -1.30. The molecule has 1 saturated carbocycles. The molecule has 2 heterocycles. The van der Waals surface area contributed by atoms with Crippen LogP contribution in [0.1, 0.15) is 44.9 Å². The molecule has 2 saturated heterocycles. The van der Waals surface area contributed by atoms with Crippen molar-refractivity contribution in [3.05, 3.63) is 0 Å². The molecule has 6 nitrogen and oxygen atoms in total. The van der Waals surface area contributed by atoms with Crippen LogP contribution >= 0.6 is 0 Å². The molecule has 3 aliphatic rings. The Morgan fingerprint density at radius 3 is 2.27 bits per heavy atom. The summed E-state index contributed by atoms with van der Waals surface area (Å²) in [5.74, 6) is 0.163. The molecule has 0 unspecified atom stereocenters. The Morgan fingerprint density at radius 1 is 0.955 bits per heavy atom. The zero-order valence-corrected chi connectivity index (χ0v) is 13.4. The number of amides is 3. The van der Waals surface area contributed by atoms with Gasteiger partial charge in [-0.1, -0.05) is 0 Å². The van der Waals surface area contributed by atoms with Gasteiger partial charge >= 0.3 is 6.03 Å². The first-order valence-corrected chi connectivity index (χ1v) is 8.78. The first-order valence-electron chi connectivity index (χ1n) is 8.78. The molecule has 0 aromatic carbocycles. The average molecular weight is 308 g/mol. The van der Waals surface area contributed by atoms with Crippen molar-refractivity contribution >= 4 is 11.9 Å². The largest absolute Gasteiger partial charge is 0.343 e. The second-order valence-corrected chi connectivity index (χ2v) is 6.78. The van der Waals surface area contributed by atoms with Crippen LogP contribution in [0.2, 0.25) is 0 Å². The summed E-state index contributed by atoms with van der Waals surface area (Å²) in [5, 5.41) is 5.86. The van der Waals surface area contributed by atoms with E-state index in [1.54, 1.807) is 0 Å². The molecule has 124 valence electrons. The maximum absolute atomic E-state index is 11.9. The lowest BCUT2D eigenvalue weighted by Crippen LogP contribution is -2.48. The number of likely N-dealkylation sites (tertiary alicyclic amines) is 2. The molecular formula is C16H28N4O2. The number of nitrogens with one attached hydrogen (secondary N) is 2. The fraction of sp³-hybridized carbons (Fsp3) is 0.875. The van der Waals surface area contributed by atoms with Crippen LogP contribution in [0.4, 0.5) is 4.79 Å². The third-order valence-electron chi connectivity index (χ3n) is 5.01. The molecule has 0 aromatic rings. The van der Waals surface area contributed by atoms with Crippen LogP contribution < -0.4 is 10.6 Å². The second-order valence-electron chi connectivity index (χ2n) is 6.78. The van der Waals surface area contributed by atoms with Gasteiger partial charge in [0.1, 0.15) is 0 Å². The number of piperidine rings is 1. The number of carbonyl (C=O) groups excluding carboxylic acids is 2. The molecule has 3 rings (SSSR count). The molecular weight excluding hydrogens is 280 g/mol. The third kappa shape index (κ3) is 4.35. The normalized spacial score (nSPS) is 23.5. The standard InChI is InChI=1S/C16H28N4O2/c21-15(20-9-1-2-10-20)5-8-17-16(22)18-13-6-11-19(12-7-13)14-3-4-14/h13-14H,1-12H2,(H2,17,18,22). The van der Waals surface area contributed by atoms with Crippen LogP contribution in [0.15, 0.2) is 0 Å². The van der Waals surface area contributed by atoms with Gasteiger partial charge in [-0.2, -0.15) is 0 Å². The van der Waals surface area contributed by atoms with E-state index >= 15 is 0 Å². The number of hydrogen-bond donors (Lipinski definition) is 2. The van der Waals surface area contributed by atoms with Crippen molar-refractivity contribution in [2.24, 2.45) is 0 Å². The van der Waals surface area contributed by atoms with Crippen molar-refractivity contribution in [2.75, 3.05) is 32.7 Å². The number of urea groups is 1. The van der Waals surface area contributed by atoms with E-state index < -0.39 is 0 Å². The van der Waals surface area contributed by atoms with Crippen LogP contribution in [0.3, 0.4) is 0 Å². The predicted molar refractivity (Wildman–Crippen MR) is 84.6 cm³/mol. The van der Waals surface area contributed by atoms with Gasteiger partial charge in [0, 0.05) is 51.2 Å². The van der Waals surface area contributed by atoms with Gasteiger partial charge in [-0.15, -0.1) is 0 Å². The topological polar surface area (TPSA) is 64.7 Å². The van der Waals surface area contributed by atoms with E-state index in [1.807, 2.05) is 4.90 Å². The number of hydrogen-bond acceptors (Lipinski definition) is 3. The summed E-state index contributed by atoms with van der Waals surface area (Å²) in [7, 11) is 0. The molecule has 3 fully saturated rings. The van der Waals surface area contributed by atoms with Crippen LogP contribution in [-0.4, -0.2) is 66.5 Å². The Kier molecular flexibility index (Phi) is 5.18. The van der Waals surface area contributed by atoms with Crippen LogP contribution in [0, 0.1) is 0 Å². The molecule has 22 heavy (non-hydrogen) atoms. The number of carbonyl (C=O) groups is 2. The minimum absolute atomic E-state index is 0.126. The molecule has 0 spiro atoms. The van der Waals surface area contributed by atoms with Gasteiger partial charge in [-0.3, -0.25) is 4.79 Å². The highest BCUT2D eigenvalue weighted by molar-refractivity contribution is 5.78. The van der Waals surface area contributed by atoms with E-state index in [0.29, 0.717) is 13.0 Å². The smallest absolute Gasteiger partial charge is 0.315 e. The van der Waals surface area contributed by atoms with Crippen molar-refractivity contribution < 1.29 is 9.59 Å². The monoisotopic (exact) mass is 308 g/mol. The highest BCUT2D eigenvalue weighted by Gasteiger charge is 2.32. The molecule has 0 aromatic heterocycles. The van der Waals surface area contributed by atoms with E-state index in [4.69, 9.17) is 0 Å². The maximum Gasteiger partial charge on any atom is 0.315 e. The average Bonchev–Trinajstić information content (AvgIpc) is 3.22.